The number of thioether (sulfide) groups is 2. The monoisotopic (exact) mass is 546 g/mol. The van der Waals surface area contributed by atoms with Crippen molar-refractivity contribution in [2.75, 3.05) is 11.5 Å². The Hall–Kier alpha value is -1.17. The molecule has 0 bridgehead atoms. The molecule has 4 rings (SSSR count). The van der Waals surface area contributed by atoms with Crippen molar-refractivity contribution >= 4 is 57.5 Å². The van der Waals surface area contributed by atoms with Crippen molar-refractivity contribution in [1.82, 2.24) is 0 Å². The highest BCUT2D eigenvalue weighted by molar-refractivity contribution is 7.99. The number of alkyl halides is 2. The van der Waals surface area contributed by atoms with Gasteiger partial charge in [-0.3, -0.25) is 4.21 Å². The van der Waals surface area contributed by atoms with Crippen LogP contribution in [0.5, 0.6) is 0 Å². The average molecular weight is 548 g/mol. The molecule has 1 nitrogen and oxygen atoms in total. The van der Waals surface area contributed by atoms with E-state index in [1.165, 1.54) is 32.1 Å². The highest BCUT2D eigenvalue weighted by Crippen LogP contribution is 2.47. The summed E-state index contributed by atoms with van der Waals surface area (Å²) in [4.78, 5) is 2.42. The predicted molar refractivity (Wildman–Crippen MR) is 153 cm³/mol. The fourth-order valence-corrected chi connectivity index (χ4v) is 8.95. The SMILES string of the molecule is CC1=C(CSc2ccccc2)CC(Cl)(S(=O)C2(Cl)C=CC(C)=C(CSc3ccccc3)C2)C=C1. The van der Waals surface area contributed by atoms with Gasteiger partial charge in [-0.25, -0.2) is 0 Å². The average Bonchev–Trinajstić information content (AvgIpc) is 2.86. The molecule has 0 N–H and O–H groups in total. The molecule has 6 heteroatoms. The lowest BCUT2D eigenvalue weighted by Gasteiger charge is -2.37. The second-order valence-corrected chi connectivity index (χ2v) is 14.5. The fourth-order valence-electron chi connectivity index (χ4n) is 3.95. The lowest BCUT2D eigenvalue weighted by molar-refractivity contribution is 0.654. The lowest BCUT2D eigenvalue weighted by atomic mass is 9.99. The molecule has 0 aliphatic heterocycles. The maximum absolute atomic E-state index is 13.9. The standard InChI is InChI=1S/C28H28Cl2OS3/c1-21-13-15-27(29,17-23(21)19-32-25-9-5-3-6-10-25)34(31)28(30)16-14-22(2)24(18-28)20-33-26-11-7-4-8-12-26/h3-16H,17-20H2,1-2H3. The molecule has 0 fully saturated rings. The van der Waals surface area contributed by atoms with Gasteiger partial charge >= 0.3 is 0 Å². The molecule has 0 saturated heterocycles. The number of hydrogen-bond acceptors (Lipinski definition) is 3. The van der Waals surface area contributed by atoms with Crippen LogP contribution >= 0.6 is 46.7 Å². The zero-order valence-electron chi connectivity index (χ0n) is 19.3. The summed E-state index contributed by atoms with van der Waals surface area (Å²) in [5, 5.41) is 0. The van der Waals surface area contributed by atoms with E-state index in [1.54, 1.807) is 23.5 Å². The van der Waals surface area contributed by atoms with Gasteiger partial charge in [-0.1, -0.05) is 106 Å². The van der Waals surface area contributed by atoms with E-state index in [4.69, 9.17) is 23.2 Å². The molecule has 2 aromatic carbocycles. The van der Waals surface area contributed by atoms with Crippen molar-refractivity contribution in [2.24, 2.45) is 0 Å². The molecular weight excluding hydrogens is 519 g/mol. The second kappa shape index (κ2) is 11.3. The Kier molecular flexibility index (Phi) is 8.58. The molecule has 178 valence electrons. The van der Waals surface area contributed by atoms with Gasteiger partial charge < -0.3 is 0 Å². The van der Waals surface area contributed by atoms with Gasteiger partial charge in [0.15, 0.2) is 0 Å². The van der Waals surface area contributed by atoms with Crippen molar-refractivity contribution in [3.8, 4) is 0 Å². The van der Waals surface area contributed by atoms with Gasteiger partial charge in [-0.2, -0.15) is 0 Å². The van der Waals surface area contributed by atoms with E-state index in [1.807, 2.05) is 60.7 Å². The van der Waals surface area contributed by atoms with E-state index in [0.717, 1.165) is 11.5 Å². The molecule has 0 saturated carbocycles. The van der Waals surface area contributed by atoms with Crippen LogP contribution < -0.4 is 0 Å². The summed E-state index contributed by atoms with van der Waals surface area (Å²) in [6.45, 7) is 4.19. The topological polar surface area (TPSA) is 17.1 Å². The van der Waals surface area contributed by atoms with Crippen molar-refractivity contribution < 1.29 is 4.21 Å². The Morgan fingerprint density at radius 1 is 0.735 bits per heavy atom. The van der Waals surface area contributed by atoms with Crippen molar-refractivity contribution in [1.29, 1.82) is 0 Å². The minimum absolute atomic E-state index is 0.530. The van der Waals surface area contributed by atoms with E-state index in [9.17, 15) is 4.21 Å². The summed E-state index contributed by atoms with van der Waals surface area (Å²) >= 11 is 17.7. The smallest absolute Gasteiger partial charge is 0.143 e. The molecule has 0 spiro atoms. The van der Waals surface area contributed by atoms with Gasteiger partial charge in [-0.15, -0.1) is 23.5 Å². The van der Waals surface area contributed by atoms with Crippen LogP contribution in [-0.4, -0.2) is 24.1 Å². The molecular formula is C28H28Cl2OS3. The van der Waals surface area contributed by atoms with E-state index in [0.29, 0.717) is 12.8 Å². The molecule has 0 radical (unpaired) electrons. The molecule has 34 heavy (non-hydrogen) atoms. The predicted octanol–water partition coefficient (Wildman–Crippen LogP) is 8.74. The molecule has 2 aliphatic rings. The molecule has 0 aromatic heterocycles. The van der Waals surface area contributed by atoms with Gasteiger partial charge in [-0.05, 0) is 38.1 Å². The van der Waals surface area contributed by atoms with E-state index >= 15 is 0 Å². The Labute approximate surface area is 224 Å². The Balaban J connectivity index is 1.45. The van der Waals surface area contributed by atoms with Crippen molar-refractivity contribution in [3.05, 3.63) is 107 Å². The third-order valence-corrected chi connectivity index (χ3v) is 11.5. The summed E-state index contributed by atoms with van der Waals surface area (Å²) in [7, 11) is -1.52. The van der Waals surface area contributed by atoms with Gasteiger partial charge in [0.05, 0.1) is 10.8 Å². The summed E-state index contributed by atoms with van der Waals surface area (Å²) < 4.78 is 11.9. The van der Waals surface area contributed by atoms with E-state index in [2.05, 4.69) is 38.1 Å². The van der Waals surface area contributed by atoms with Crippen LogP contribution in [0.3, 0.4) is 0 Å². The van der Waals surface area contributed by atoms with Crippen LogP contribution in [-0.2, 0) is 10.8 Å². The van der Waals surface area contributed by atoms with Crippen molar-refractivity contribution in [3.63, 3.8) is 0 Å². The number of hydrogen-bond donors (Lipinski definition) is 0. The molecule has 2 atom stereocenters. The van der Waals surface area contributed by atoms with Crippen LogP contribution in [0.4, 0.5) is 0 Å². The van der Waals surface area contributed by atoms with E-state index in [-0.39, 0.29) is 0 Å². The quantitative estimate of drug-likeness (QED) is 0.243. The second-order valence-electron chi connectivity index (χ2n) is 8.64. The third-order valence-electron chi connectivity index (χ3n) is 6.12. The summed E-state index contributed by atoms with van der Waals surface area (Å²) in [6.07, 6.45) is 8.85. The third kappa shape index (κ3) is 6.14. The molecule has 2 aliphatic carbocycles. The van der Waals surface area contributed by atoms with Crippen molar-refractivity contribution in [2.45, 2.75) is 44.9 Å². The van der Waals surface area contributed by atoms with Crippen LogP contribution in [0, 0.1) is 0 Å². The molecule has 0 heterocycles. The first-order chi connectivity index (χ1) is 16.3. The first-order valence-electron chi connectivity index (χ1n) is 11.2. The van der Waals surface area contributed by atoms with E-state index < -0.39 is 19.2 Å². The largest absolute Gasteiger partial charge is 0.255 e. The minimum atomic E-state index is -1.52. The summed E-state index contributed by atoms with van der Waals surface area (Å²) in [6, 6.07) is 20.6. The Bertz CT molecular complexity index is 1080. The maximum Gasteiger partial charge on any atom is 0.143 e. The van der Waals surface area contributed by atoms with Crippen LogP contribution in [0.2, 0.25) is 0 Å². The number of halogens is 2. The molecule has 2 unspecified atom stereocenters. The molecule has 0 amide bonds. The number of allylic oxidation sites excluding steroid dienone is 4. The Morgan fingerprint density at radius 3 is 1.50 bits per heavy atom. The maximum atomic E-state index is 13.9. The van der Waals surface area contributed by atoms with Crippen LogP contribution in [0.25, 0.3) is 0 Å². The summed E-state index contributed by atoms with van der Waals surface area (Å²) in [5.41, 5.74) is 4.81. The van der Waals surface area contributed by atoms with Gasteiger partial charge in [0.25, 0.3) is 0 Å². The van der Waals surface area contributed by atoms with Crippen LogP contribution in [0.1, 0.15) is 26.7 Å². The van der Waals surface area contributed by atoms with Gasteiger partial charge in [0.2, 0.25) is 0 Å². The van der Waals surface area contributed by atoms with Gasteiger partial charge in [0, 0.05) is 34.1 Å². The zero-order valence-corrected chi connectivity index (χ0v) is 23.3. The number of benzene rings is 2. The fraction of sp³-hybridized carbons (Fsp3) is 0.286. The van der Waals surface area contributed by atoms with Gasteiger partial charge in [0.1, 0.15) is 8.41 Å². The first-order valence-corrected chi connectivity index (χ1v) is 15.1. The number of rotatable bonds is 8. The molecule has 2 aromatic rings. The Morgan fingerprint density at radius 2 is 1.12 bits per heavy atom. The summed E-state index contributed by atoms with van der Waals surface area (Å²) in [5.74, 6) is 1.63. The zero-order chi connectivity index (χ0) is 24.2. The highest BCUT2D eigenvalue weighted by atomic mass is 35.5. The minimum Gasteiger partial charge on any atom is -0.255 e. The first kappa shape index (κ1) is 25.9. The lowest BCUT2D eigenvalue weighted by Crippen LogP contribution is -2.41. The van der Waals surface area contributed by atoms with Crippen LogP contribution in [0.15, 0.2) is 117 Å². The normalized spacial score (nSPS) is 25.6. The highest BCUT2D eigenvalue weighted by Gasteiger charge is 2.47.